The van der Waals surface area contributed by atoms with Crippen molar-refractivity contribution in [1.82, 2.24) is 14.9 Å². The molecule has 0 aromatic carbocycles. The normalized spacial score (nSPS) is 17.3. The van der Waals surface area contributed by atoms with E-state index in [4.69, 9.17) is 10.8 Å². The number of aliphatic carboxylic acids is 1. The van der Waals surface area contributed by atoms with Crippen LogP contribution in [0.3, 0.4) is 0 Å². The third-order valence-corrected chi connectivity index (χ3v) is 5.13. The first-order chi connectivity index (χ1) is 13.3. The molecule has 28 heavy (non-hydrogen) atoms. The van der Waals surface area contributed by atoms with Gasteiger partial charge < -0.3 is 25.7 Å². The average Bonchev–Trinajstić information content (AvgIpc) is 2.67. The van der Waals surface area contributed by atoms with Gasteiger partial charge in [0.15, 0.2) is 0 Å². The number of carbonyl (C=O) groups is 2. The molecule has 9 nitrogen and oxygen atoms in total. The predicted octanol–water partition coefficient (Wildman–Crippen LogP) is 0.222. The summed E-state index contributed by atoms with van der Waals surface area (Å²) in [5.74, 6) is -1.61. The summed E-state index contributed by atoms with van der Waals surface area (Å²) in [5.41, 5.74) is 7.21. The Labute approximate surface area is 162 Å². The van der Waals surface area contributed by atoms with Crippen LogP contribution in [0.5, 0.6) is 0 Å². The second-order valence-corrected chi connectivity index (χ2v) is 7.31. The van der Waals surface area contributed by atoms with Crippen LogP contribution in [0.25, 0.3) is 11.0 Å². The molecule has 2 aromatic heterocycles. The van der Waals surface area contributed by atoms with Crippen LogP contribution in [-0.4, -0.2) is 75.3 Å². The minimum absolute atomic E-state index is 0.113. The lowest BCUT2D eigenvalue weighted by atomic mass is 9.90. The Morgan fingerprint density at radius 2 is 2.00 bits per heavy atom. The van der Waals surface area contributed by atoms with Crippen molar-refractivity contribution in [3.8, 4) is 0 Å². The van der Waals surface area contributed by atoms with Crippen molar-refractivity contribution in [2.24, 2.45) is 5.73 Å². The molecular formula is C19H25N5O4. The number of nitrogens with zero attached hydrogens (tertiary/aromatic N) is 4. The lowest BCUT2D eigenvalue weighted by Gasteiger charge is -2.41. The van der Waals surface area contributed by atoms with E-state index in [2.05, 4.69) is 14.9 Å². The van der Waals surface area contributed by atoms with Gasteiger partial charge in [0.1, 0.15) is 5.52 Å². The molecule has 1 atom stereocenters. The molecule has 1 aliphatic rings. The maximum Gasteiger partial charge on any atom is 0.305 e. The SMILES string of the molecule is CN(CC1(O)CCN(c2ccnc3cccnc23)CC1)C(=O)[C@@H](N)CC(=O)O. The van der Waals surface area contributed by atoms with Gasteiger partial charge in [-0.2, -0.15) is 0 Å². The van der Waals surface area contributed by atoms with Crippen molar-refractivity contribution in [2.45, 2.75) is 30.9 Å². The van der Waals surface area contributed by atoms with Gasteiger partial charge in [-0.3, -0.25) is 19.6 Å². The fourth-order valence-corrected chi connectivity index (χ4v) is 3.62. The minimum Gasteiger partial charge on any atom is -0.481 e. The first-order valence-electron chi connectivity index (χ1n) is 9.18. The molecular weight excluding hydrogens is 362 g/mol. The number of nitrogens with two attached hydrogens (primary N) is 1. The van der Waals surface area contributed by atoms with Crippen molar-refractivity contribution in [2.75, 3.05) is 31.6 Å². The van der Waals surface area contributed by atoms with Crippen molar-refractivity contribution in [1.29, 1.82) is 0 Å². The van der Waals surface area contributed by atoms with E-state index in [1.54, 1.807) is 12.4 Å². The fraction of sp³-hybridized carbons (Fsp3) is 0.474. The lowest BCUT2D eigenvalue weighted by molar-refractivity contribution is -0.142. The highest BCUT2D eigenvalue weighted by Crippen LogP contribution is 2.30. The number of fused-ring (bicyclic) bond motifs is 1. The summed E-state index contributed by atoms with van der Waals surface area (Å²) in [5, 5.41) is 19.7. The van der Waals surface area contributed by atoms with Gasteiger partial charge in [-0.25, -0.2) is 0 Å². The number of rotatable bonds is 6. The maximum absolute atomic E-state index is 12.2. The molecule has 9 heteroatoms. The molecule has 3 rings (SSSR count). The van der Waals surface area contributed by atoms with Crippen LogP contribution in [0.15, 0.2) is 30.6 Å². The van der Waals surface area contributed by atoms with Gasteiger partial charge in [0.05, 0.1) is 29.3 Å². The lowest BCUT2D eigenvalue weighted by Crippen LogP contribution is -2.53. The molecule has 1 aliphatic heterocycles. The Morgan fingerprint density at radius 3 is 2.68 bits per heavy atom. The number of carboxylic acids is 1. The number of anilines is 1. The van der Waals surface area contributed by atoms with Crippen LogP contribution in [-0.2, 0) is 9.59 Å². The highest BCUT2D eigenvalue weighted by Gasteiger charge is 2.36. The molecule has 1 amide bonds. The molecule has 0 bridgehead atoms. The van der Waals surface area contributed by atoms with Gasteiger partial charge in [-0.1, -0.05) is 0 Å². The van der Waals surface area contributed by atoms with Gasteiger partial charge in [0, 0.05) is 39.1 Å². The van der Waals surface area contributed by atoms with Gasteiger partial charge in [0.25, 0.3) is 0 Å². The quantitative estimate of drug-likeness (QED) is 0.641. The van der Waals surface area contributed by atoms with Crippen molar-refractivity contribution < 1.29 is 19.8 Å². The number of amides is 1. The van der Waals surface area contributed by atoms with E-state index >= 15 is 0 Å². The highest BCUT2D eigenvalue weighted by molar-refractivity contribution is 5.87. The molecule has 3 heterocycles. The van der Waals surface area contributed by atoms with E-state index in [0.717, 1.165) is 16.7 Å². The van der Waals surface area contributed by atoms with Crippen molar-refractivity contribution in [3.05, 3.63) is 30.6 Å². The Bertz CT molecular complexity index is 861. The monoisotopic (exact) mass is 387 g/mol. The number of likely N-dealkylation sites (N-methyl/N-ethyl adjacent to an activating group) is 1. The number of aliphatic hydroxyl groups is 1. The molecule has 1 fully saturated rings. The third kappa shape index (κ3) is 4.37. The summed E-state index contributed by atoms with van der Waals surface area (Å²) in [4.78, 5) is 35.2. The number of hydrogen-bond donors (Lipinski definition) is 3. The van der Waals surface area contributed by atoms with Crippen molar-refractivity contribution >= 4 is 28.6 Å². The van der Waals surface area contributed by atoms with Crippen LogP contribution in [0.2, 0.25) is 0 Å². The van der Waals surface area contributed by atoms with Gasteiger partial charge in [-0.05, 0) is 31.0 Å². The zero-order valence-corrected chi connectivity index (χ0v) is 15.8. The van der Waals surface area contributed by atoms with Gasteiger partial charge in [0.2, 0.25) is 5.91 Å². The molecule has 0 radical (unpaired) electrons. The first kappa shape index (κ1) is 20.0. The fourth-order valence-electron chi connectivity index (χ4n) is 3.62. The van der Waals surface area contributed by atoms with Gasteiger partial charge >= 0.3 is 5.97 Å². The second kappa shape index (κ2) is 8.07. The average molecular weight is 387 g/mol. The molecule has 0 spiro atoms. The van der Waals surface area contributed by atoms with Crippen LogP contribution in [0.1, 0.15) is 19.3 Å². The molecule has 0 aliphatic carbocycles. The number of pyridine rings is 2. The molecule has 1 saturated heterocycles. The van der Waals surface area contributed by atoms with E-state index in [9.17, 15) is 14.7 Å². The third-order valence-electron chi connectivity index (χ3n) is 5.13. The summed E-state index contributed by atoms with van der Waals surface area (Å²) < 4.78 is 0. The minimum atomic E-state index is -1.13. The summed E-state index contributed by atoms with van der Waals surface area (Å²) in [7, 11) is 1.54. The number of carbonyl (C=O) groups excluding carboxylic acids is 1. The van der Waals surface area contributed by atoms with E-state index in [1.165, 1.54) is 11.9 Å². The van der Waals surface area contributed by atoms with Crippen molar-refractivity contribution in [3.63, 3.8) is 0 Å². The number of aromatic nitrogens is 2. The summed E-state index contributed by atoms with van der Waals surface area (Å²) in [6.07, 6.45) is 3.98. The topological polar surface area (TPSA) is 133 Å². The largest absolute Gasteiger partial charge is 0.481 e. The maximum atomic E-state index is 12.2. The Morgan fingerprint density at radius 1 is 1.29 bits per heavy atom. The molecule has 0 saturated carbocycles. The smallest absolute Gasteiger partial charge is 0.305 e. The Hall–Kier alpha value is -2.78. The first-order valence-corrected chi connectivity index (χ1v) is 9.18. The second-order valence-electron chi connectivity index (χ2n) is 7.31. The van der Waals surface area contributed by atoms with Crippen LogP contribution < -0.4 is 10.6 Å². The molecule has 150 valence electrons. The van der Waals surface area contributed by atoms with E-state index < -0.39 is 29.9 Å². The highest BCUT2D eigenvalue weighted by atomic mass is 16.4. The van der Waals surface area contributed by atoms with E-state index in [1.807, 2.05) is 18.2 Å². The van der Waals surface area contributed by atoms with E-state index in [-0.39, 0.29) is 6.54 Å². The Kier molecular flexibility index (Phi) is 5.76. The standard InChI is InChI=1S/C19H25N5O4/c1-23(18(27)13(20)11-16(25)26)12-19(28)5-9-24(10-6-19)15-4-8-21-14-3-2-7-22-17(14)15/h2-4,7-8,13,28H,5-6,9-12,20H2,1H3,(H,25,26)/t13-/m0/s1. The summed E-state index contributed by atoms with van der Waals surface area (Å²) >= 11 is 0. The zero-order valence-electron chi connectivity index (χ0n) is 15.8. The number of piperidine rings is 1. The van der Waals surface area contributed by atoms with Crippen LogP contribution >= 0.6 is 0 Å². The summed E-state index contributed by atoms with van der Waals surface area (Å²) in [6, 6.07) is 4.56. The molecule has 4 N–H and O–H groups in total. The molecule has 0 unspecified atom stereocenters. The zero-order chi connectivity index (χ0) is 20.3. The predicted molar refractivity (Wildman–Crippen MR) is 104 cm³/mol. The number of carboxylic acid groups (broad SMARTS) is 1. The molecule has 2 aromatic rings. The van der Waals surface area contributed by atoms with Crippen LogP contribution in [0.4, 0.5) is 5.69 Å². The van der Waals surface area contributed by atoms with Gasteiger partial charge in [-0.15, -0.1) is 0 Å². The van der Waals surface area contributed by atoms with Crippen LogP contribution in [0, 0.1) is 0 Å². The Balaban J connectivity index is 1.63. The number of hydrogen-bond acceptors (Lipinski definition) is 7. The van der Waals surface area contributed by atoms with E-state index in [0.29, 0.717) is 25.9 Å². The summed E-state index contributed by atoms with van der Waals surface area (Å²) in [6.45, 7) is 1.33.